The number of rotatable bonds is 4. The lowest BCUT2D eigenvalue weighted by molar-refractivity contribution is -0.136. The van der Waals surface area contributed by atoms with Crippen LogP contribution in [0.2, 0.25) is 5.15 Å². The summed E-state index contributed by atoms with van der Waals surface area (Å²) in [6.45, 7) is 3.81. The van der Waals surface area contributed by atoms with Gasteiger partial charge in [-0.1, -0.05) is 24.1 Å². The molecule has 1 fully saturated rings. The number of anilines is 1. The number of halogens is 1. The first-order chi connectivity index (χ1) is 12.5. The standard InChI is InChI=1S/C17H20ClN5O2S/c1-3-10-5-4-6-11(7-10)20-15(24)16(25)22-17-21-12(9-26-17)14-19-8-13(18)23(14)2/h3,8-11H,1,4-7H2,2H3,(H,20,24)(H,21,22,25)/t10-,11-/m1/s1. The molecule has 0 saturated heterocycles. The highest BCUT2D eigenvalue weighted by Crippen LogP contribution is 2.26. The first-order valence-electron chi connectivity index (χ1n) is 8.35. The number of thiazole rings is 1. The summed E-state index contributed by atoms with van der Waals surface area (Å²) in [6, 6.07) is 0.00608. The highest BCUT2D eigenvalue weighted by Gasteiger charge is 2.24. The van der Waals surface area contributed by atoms with Crippen LogP contribution in [0, 0.1) is 5.92 Å². The summed E-state index contributed by atoms with van der Waals surface area (Å²) in [7, 11) is 1.77. The van der Waals surface area contributed by atoms with Gasteiger partial charge in [0.25, 0.3) is 0 Å². The molecule has 0 aromatic carbocycles. The van der Waals surface area contributed by atoms with E-state index in [2.05, 4.69) is 27.2 Å². The Balaban J connectivity index is 1.58. The molecule has 9 heteroatoms. The highest BCUT2D eigenvalue weighted by molar-refractivity contribution is 7.14. The molecule has 0 radical (unpaired) electrons. The molecular formula is C17H20ClN5O2S. The highest BCUT2D eigenvalue weighted by atomic mass is 35.5. The van der Waals surface area contributed by atoms with Crippen molar-refractivity contribution in [3.8, 4) is 11.5 Å². The minimum atomic E-state index is -0.718. The van der Waals surface area contributed by atoms with Gasteiger partial charge < -0.3 is 9.88 Å². The Hall–Kier alpha value is -2.19. The van der Waals surface area contributed by atoms with Crippen molar-refractivity contribution in [3.05, 3.63) is 29.4 Å². The van der Waals surface area contributed by atoms with Crippen molar-refractivity contribution < 1.29 is 9.59 Å². The zero-order valence-electron chi connectivity index (χ0n) is 14.4. The number of amides is 2. The number of aromatic nitrogens is 3. The summed E-state index contributed by atoms with van der Waals surface area (Å²) >= 11 is 7.20. The number of allylic oxidation sites excluding steroid dienone is 1. The van der Waals surface area contributed by atoms with Crippen molar-refractivity contribution in [1.82, 2.24) is 19.9 Å². The van der Waals surface area contributed by atoms with Crippen LogP contribution < -0.4 is 10.6 Å². The van der Waals surface area contributed by atoms with Crippen LogP contribution in [0.15, 0.2) is 24.2 Å². The number of imidazole rings is 1. The molecule has 2 atom stereocenters. The van der Waals surface area contributed by atoms with Gasteiger partial charge in [0.1, 0.15) is 10.8 Å². The second kappa shape index (κ2) is 8.01. The fourth-order valence-electron chi connectivity index (χ4n) is 3.04. The van der Waals surface area contributed by atoms with E-state index in [9.17, 15) is 9.59 Å². The zero-order valence-corrected chi connectivity index (χ0v) is 15.9. The number of carbonyl (C=O) groups is 2. The third kappa shape index (κ3) is 4.13. The van der Waals surface area contributed by atoms with Gasteiger partial charge in [-0.2, -0.15) is 0 Å². The summed E-state index contributed by atoms with van der Waals surface area (Å²) in [5.74, 6) is -0.377. The Kier molecular flexibility index (Phi) is 5.73. The number of hydrogen-bond acceptors (Lipinski definition) is 5. The van der Waals surface area contributed by atoms with Gasteiger partial charge >= 0.3 is 11.8 Å². The van der Waals surface area contributed by atoms with Crippen molar-refractivity contribution in [2.75, 3.05) is 5.32 Å². The number of nitrogens with one attached hydrogen (secondary N) is 2. The van der Waals surface area contributed by atoms with Crippen LogP contribution in [0.4, 0.5) is 5.13 Å². The Morgan fingerprint density at radius 1 is 1.42 bits per heavy atom. The summed E-state index contributed by atoms with van der Waals surface area (Å²) in [5.41, 5.74) is 0.584. The zero-order chi connectivity index (χ0) is 18.7. The molecule has 1 saturated carbocycles. The molecule has 0 unspecified atom stereocenters. The van der Waals surface area contributed by atoms with Crippen LogP contribution in [0.3, 0.4) is 0 Å². The number of hydrogen-bond donors (Lipinski definition) is 2. The second-order valence-corrected chi connectivity index (χ2v) is 7.53. The van der Waals surface area contributed by atoms with E-state index >= 15 is 0 Å². The van der Waals surface area contributed by atoms with Gasteiger partial charge in [-0.25, -0.2) is 9.97 Å². The molecule has 2 amide bonds. The predicted octanol–water partition coefficient (Wildman–Crippen LogP) is 3.00. The molecule has 7 nitrogen and oxygen atoms in total. The van der Waals surface area contributed by atoms with Gasteiger partial charge in [-0.05, 0) is 25.2 Å². The third-order valence-corrected chi connectivity index (χ3v) is 5.58. The fraction of sp³-hybridized carbons (Fsp3) is 0.412. The maximum Gasteiger partial charge on any atom is 0.315 e. The van der Waals surface area contributed by atoms with Gasteiger partial charge in [-0.15, -0.1) is 17.9 Å². The minimum Gasteiger partial charge on any atom is -0.345 e. The molecule has 2 aromatic rings. The Labute approximate surface area is 160 Å². The first kappa shape index (κ1) is 18.6. The van der Waals surface area contributed by atoms with Crippen molar-refractivity contribution in [2.45, 2.75) is 31.7 Å². The van der Waals surface area contributed by atoms with Crippen molar-refractivity contribution in [3.63, 3.8) is 0 Å². The number of nitrogens with zero attached hydrogens (tertiary/aromatic N) is 3. The lowest BCUT2D eigenvalue weighted by atomic mass is 9.86. The normalized spacial score (nSPS) is 19.8. The largest absolute Gasteiger partial charge is 0.345 e. The lowest BCUT2D eigenvalue weighted by Crippen LogP contribution is -2.43. The van der Waals surface area contributed by atoms with Gasteiger partial charge in [0.2, 0.25) is 0 Å². The Morgan fingerprint density at radius 2 is 2.23 bits per heavy atom. The molecule has 2 aromatic heterocycles. The summed E-state index contributed by atoms with van der Waals surface area (Å²) in [4.78, 5) is 32.8. The van der Waals surface area contributed by atoms with Crippen molar-refractivity contribution in [2.24, 2.45) is 13.0 Å². The molecule has 3 rings (SSSR count). The molecule has 0 aliphatic heterocycles. The second-order valence-electron chi connectivity index (χ2n) is 6.29. The predicted molar refractivity (Wildman–Crippen MR) is 102 cm³/mol. The molecule has 1 aliphatic rings. The topological polar surface area (TPSA) is 88.9 Å². The summed E-state index contributed by atoms with van der Waals surface area (Å²) < 4.78 is 1.69. The SMILES string of the molecule is C=C[C@@H]1CCC[C@@H](NC(=O)C(=O)Nc2nc(-c3ncc(Cl)n3C)cs2)C1. The molecule has 1 aliphatic carbocycles. The van der Waals surface area contributed by atoms with Gasteiger partial charge in [0.15, 0.2) is 11.0 Å². The van der Waals surface area contributed by atoms with E-state index in [1.165, 1.54) is 17.5 Å². The number of carbonyl (C=O) groups excluding carboxylic acids is 2. The van der Waals surface area contributed by atoms with Crippen LogP contribution in [-0.4, -0.2) is 32.4 Å². The Morgan fingerprint density at radius 3 is 2.92 bits per heavy atom. The van der Waals surface area contributed by atoms with Crippen LogP contribution in [-0.2, 0) is 16.6 Å². The van der Waals surface area contributed by atoms with E-state index in [1.807, 2.05) is 6.08 Å². The molecule has 0 bridgehead atoms. The van der Waals surface area contributed by atoms with E-state index in [0.29, 0.717) is 27.7 Å². The van der Waals surface area contributed by atoms with Crippen LogP contribution in [0.25, 0.3) is 11.5 Å². The maximum atomic E-state index is 12.1. The van der Waals surface area contributed by atoms with Gasteiger partial charge in [-0.3, -0.25) is 14.9 Å². The maximum absolute atomic E-state index is 12.1. The average Bonchev–Trinajstić information content (AvgIpc) is 3.22. The molecule has 138 valence electrons. The van der Waals surface area contributed by atoms with Crippen LogP contribution >= 0.6 is 22.9 Å². The quantitative estimate of drug-likeness (QED) is 0.617. The van der Waals surface area contributed by atoms with Crippen molar-refractivity contribution in [1.29, 1.82) is 0 Å². The fourth-order valence-corrected chi connectivity index (χ4v) is 3.85. The first-order valence-corrected chi connectivity index (χ1v) is 9.61. The monoisotopic (exact) mass is 393 g/mol. The molecule has 2 heterocycles. The summed E-state index contributed by atoms with van der Waals surface area (Å²) in [5, 5.41) is 7.92. The lowest BCUT2D eigenvalue weighted by Gasteiger charge is -2.27. The van der Waals surface area contributed by atoms with E-state index in [4.69, 9.17) is 11.6 Å². The average molecular weight is 394 g/mol. The van der Waals surface area contributed by atoms with E-state index in [0.717, 1.165) is 25.7 Å². The minimum absolute atomic E-state index is 0.00608. The molecule has 0 spiro atoms. The van der Waals surface area contributed by atoms with Crippen LogP contribution in [0.5, 0.6) is 0 Å². The van der Waals surface area contributed by atoms with Crippen molar-refractivity contribution >= 4 is 39.9 Å². The Bertz CT molecular complexity index is 831. The molecule has 2 N–H and O–H groups in total. The van der Waals surface area contributed by atoms with E-state index < -0.39 is 11.8 Å². The third-order valence-electron chi connectivity index (χ3n) is 4.47. The van der Waals surface area contributed by atoms with Gasteiger partial charge in [0, 0.05) is 18.5 Å². The summed E-state index contributed by atoms with van der Waals surface area (Å²) in [6.07, 6.45) is 7.25. The molecular weight excluding hydrogens is 374 g/mol. The molecule has 26 heavy (non-hydrogen) atoms. The van der Waals surface area contributed by atoms with Crippen LogP contribution in [0.1, 0.15) is 25.7 Å². The van der Waals surface area contributed by atoms with E-state index in [-0.39, 0.29) is 6.04 Å². The smallest absolute Gasteiger partial charge is 0.315 e. The van der Waals surface area contributed by atoms with Gasteiger partial charge in [0.05, 0.1) is 6.20 Å². The van der Waals surface area contributed by atoms with E-state index in [1.54, 1.807) is 17.0 Å².